The molecule has 1 N–H and O–H groups in total. The van der Waals surface area contributed by atoms with Gasteiger partial charge in [0.15, 0.2) is 0 Å². The van der Waals surface area contributed by atoms with Gasteiger partial charge in [-0.15, -0.1) is 10.2 Å². The summed E-state index contributed by atoms with van der Waals surface area (Å²) in [6.45, 7) is 23.4. The molecule has 12 atom stereocenters. The van der Waals surface area contributed by atoms with Crippen molar-refractivity contribution in [3.05, 3.63) is 42.6 Å². The van der Waals surface area contributed by atoms with Crippen molar-refractivity contribution in [1.29, 1.82) is 0 Å². The molecule has 0 bridgehead atoms. The number of allylic oxidation sites excluding steroid dienone is 1. The number of carboxylic acids is 1. The lowest BCUT2D eigenvalue weighted by Gasteiger charge is -2.72. The van der Waals surface area contributed by atoms with Crippen molar-refractivity contribution in [2.75, 3.05) is 0 Å². The zero-order chi connectivity index (χ0) is 37.2. The number of carboxylic acid groups (broad SMARTS) is 1. The van der Waals surface area contributed by atoms with Gasteiger partial charge in [-0.3, -0.25) is 14.6 Å². The monoisotopic (exact) mass is 711 g/mol. The van der Waals surface area contributed by atoms with E-state index in [9.17, 15) is 14.7 Å². The third kappa shape index (κ3) is 4.86. The average molecular weight is 712 g/mol. The second-order valence-electron chi connectivity index (χ2n) is 20.3. The van der Waals surface area contributed by atoms with Crippen molar-refractivity contribution in [2.24, 2.45) is 68.5 Å². The molecule has 2 aromatic heterocycles. The fourth-order valence-corrected chi connectivity index (χ4v) is 14.7. The molecule has 8 rings (SSSR count). The number of aromatic nitrogens is 3. The highest BCUT2D eigenvalue weighted by Gasteiger charge is 2.72. The molecule has 0 spiro atoms. The third-order valence-electron chi connectivity index (χ3n) is 17.7. The van der Waals surface area contributed by atoms with E-state index in [1.165, 1.54) is 24.8 Å². The van der Waals surface area contributed by atoms with E-state index in [1.807, 2.05) is 26.0 Å². The van der Waals surface area contributed by atoms with E-state index in [4.69, 9.17) is 14.3 Å². The van der Waals surface area contributed by atoms with Gasteiger partial charge in [-0.25, -0.2) is 0 Å². The molecule has 52 heavy (non-hydrogen) atoms. The Morgan fingerprint density at radius 2 is 1.67 bits per heavy atom. The summed E-state index contributed by atoms with van der Waals surface area (Å²) in [5, 5.41) is 18.8. The van der Waals surface area contributed by atoms with Crippen LogP contribution in [0.3, 0.4) is 0 Å². The van der Waals surface area contributed by atoms with E-state index in [0.717, 1.165) is 56.4 Å². The highest BCUT2D eigenvalue weighted by atomic mass is 16.5. The fourth-order valence-electron chi connectivity index (χ4n) is 14.7. The van der Waals surface area contributed by atoms with Gasteiger partial charge >= 0.3 is 11.9 Å². The minimum atomic E-state index is -0.841. The van der Waals surface area contributed by atoms with E-state index in [1.54, 1.807) is 12.4 Å². The van der Waals surface area contributed by atoms with Crippen LogP contribution in [0.1, 0.15) is 132 Å². The Morgan fingerprint density at radius 1 is 0.904 bits per heavy atom. The molecule has 0 aliphatic heterocycles. The Bertz CT molecular complexity index is 1770. The van der Waals surface area contributed by atoms with Crippen LogP contribution in [0, 0.1) is 68.5 Å². The highest BCUT2D eigenvalue weighted by molar-refractivity contribution is 5.80. The predicted molar refractivity (Wildman–Crippen MR) is 199 cm³/mol. The number of rotatable bonds is 7. The van der Waals surface area contributed by atoms with Gasteiger partial charge in [-0.05, 0) is 140 Å². The van der Waals surface area contributed by atoms with Crippen molar-refractivity contribution in [3.63, 3.8) is 0 Å². The summed E-state index contributed by atoms with van der Waals surface area (Å²) in [6, 6.07) is 3.91. The SMILES string of the molecule is C=C(C)[C@@H]1CC[C@]2(c3nnc(-c4cccnc4)o3)CC[C@]3(C)[C@H](CC[C@@H]4[C@@]5(C)CC[C@H](OC(=O)[C@@H]6[C@H](CC(=O)O)C6(C)C)C(C)(C)[C@@H]5CC[C@]43C)[C@@H]12. The standard InChI is InChI=1S/C44H61N3O5/c1-25(2)27-14-19-44(38-47-46-36(52-38)26-11-10-22-45-24-26)21-20-42(8)28(34(27)44)12-13-31-41(7)17-16-32(40(5,6)30(41)15-18-43(31,42)9)51-37(50)35-29(23-33(48)49)39(35,3)4/h10-11,22,24,27-32,34-35H,1,12-21,23H2,2-9H3,(H,48,49)/t27-,28+,29-,30-,31+,32-,34+,35-,41-,42+,43+,44-/m0/s1. The topological polar surface area (TPSA) is 115 Å². The molecule has 2 aromatic rings. The zero-order valence-electron chi connectivity index (χ0n) is 32.8. The normalized spacial score (nSPS) is 44.0. The van der Waals surface area contributed by atoms with Crippen molar-refractivity contribution in [3.8, 4) is 11.5 Å². The maximum atomic E-state index is 13.6. The summed E-state index contributed by atoms with van der Waals surface area (Å²) >= 11 is 0. The molecule has 0 radical (unpaired) electrons. The molecule has 0 unspecified atom stereocenters. The Kier molecular flexibility index (Phi) is 8.12. The summed E-state index contributed by atoms with van der Waals surface area (Å²) in [5.41, 5.74) is 2.06. The molecule has 6 saturated carbocycles. The first-order valence-electron chi connectivity index (χ1n) is 20.2. The van der Waals surface area contributed by atoms with Crippen LogP contribution in [0.5, 0.6) is 0 Å². The summed E-state index contributed by atoms with van der Waals surface area (Å²) in [5.74, 6) is 2.35. The van der Waals surface area contributed by atoms with Crippen LogP contribution in [-0.2, 0) is 19.7 Å². The number of esters is 1. The van der Waals surface area contributed by atoms with Crippen LogP contribution >= 0.6 is 0 Å². The van der Waals surface area contributed by atoms with E-state index >= 15 is 0 Å². The zero-order valence-corrected chi connectivity index (χ0v) is 32.8. The molecular formula is C44H61N3O5. The maximum Gasteiger partial charge on any atom is 0.310 e. The van der Waals surface area contributed by atoms with E-state index in [2.05, 4.69) is 58.2 Å². The minimum Gasteiger partial charge on any atom is -0.481 e. The Hall–Kier alpha value is -3.03. The first kappa shape index (κ1) is 36.0. The van der Waals surface area contributed by atoms with Gasteiger partial charge in [0.1, 0.15) is 6.10 Å². The van der Waals surface area contributed by atoms with Crippen molar-refractivity contribution < 1.29 is 23.8 Å². The van der Waals surface area contributed by atoms with Gasteiger partial charge < -0.3 is 14.3 Å². The number of hydrogen-bond donors (Lipinski definition) is 1. The molecule has 6 fully saturated rings. The van der Waals surface area contributed by atoms with Crippen LogP contribution in [0.4, 0.5) is 0 Å². The third-order valence-corrected chi connectivity index (χ3v) is 17.7. The number of hydrogen-bond acceptors (Lipinski definition) is 7. The van der Waals surface area contributed by atoms with E-state index in [-0.39, 0.29) is 62.8 Å². The van der Waals surface area contributed by atoms with E-state index < -0.39 is 5.97 Å². The molecule has 282 valence electrons. The lowest BCUT2D eigenvalue weighted by atomic mass is 9.32. The van der Waals surface area contributed by atoms with Crippen LogP contribution in [-0.4, -0.2) is 38.3 Å². The molecule has 0 amide bonds. The Morgan fingerprint density at radius 3 is 2.37 bits per heavy atom. The number of carbonyl (C=O) groups excluding carboxylic acids is 1. The van der Waals surface area contributed by atoms with Gasteiger partial charge in [0.2, 0.25) is 11.8 Å². The summed E-state index contributed by atoms with van der Waals surface area (Å²) in [7, 11) is 0. The van der Waals surface area contributed by atoms with Crippen LogP contribution in [0.15, 0.2) is 41.1 Å². The van der Waals surface area contributed by atoms with Crippen molar-refractivity contribution >= 4 is 11.9 Å². The molecule has 0 aromatic carbocycles. The van der Waals surface area contributed by atoms with Crippen molar-refractivity contribution in [1.82, 2.24) is 15.2 Å². The van der Waals surface area contributed by atoms with Crippen LogP contribution in [0.25, 0.3) is 11.5 Å². The van der Waals surface area contributed by atoms with Crippen LogP contribution in [0.2, 0.25) is 0 Å². The van der Waals surface area contributed by atoms with Crippen LogP contribution < -0.4 is 0 Å². The quantitative estimate of drug-likeness (QED) is 0.223. The maximum absolute atomic E-state index is 13.6. The molecule has 6 aliphatic carbocycles. The van der Waals surface area contributed by atoms with Crippen molar-refractivity contribution in [2.45, 2.75) is 138 Å². The van der Waals surface area contributed by atoms with Gasteiger partial charge in [0, 0.05) is 24.2 Å². The molecule has 6 aliphatic rings. The lowest BCUT2D eigenvalue weighted by molar-refractivity contribution is -0.246. The Labute approximate surface area is 310 Å². The minimum absolute atomic E-state index is 0.0258. The molecule has 8 nitrogen and oxygen atoms in total. The van der Waals surface area contributed by atoms with Gasteiger partial charge in [-0.2, -0.15) is 0 Å². The number of aliphatic carboxylic acids is 1. The first-order valence-corrected chi connectivity index (χ1v) is 20.2. The van der Waals surface area contributed by atoms with Gasteiger partial charge in [0.05, 0.1) is 16.9 Å². The van der Waals surface area contributed by atoms with Gasteiger partial charge in [0.25, 0.3) is 0 Å². The molecular weight excluding hydrogens is 651 g/mol. The van der Waals surface area contributed by atoms with Gasteiger partial charge in [-0.1, -0.05) is 60.6 Å². The number of fused-ring (bicyclic) bond motifs is 7. The lowest BCUT2D eigenvalue weighted by Crippen LogP contribution is -2.67. The summed E-state index contributed by atoms with van der Waals surface area (Å²) < 4.78 is 13.1. The number of carbonyl (C=O) groups is 2. The average Bonchev–Trinajstić information content (AvgIpc) is 3.45. The second-order valence-corrected chi connectivity index (χ2v) is 20.3. The molecule has 2 heterocycles. The molecule has 8 heteroatoms. The Balaban J connectivity index is 1.06. The second kappa shape index (κ2) is 11.7. The highest BCUT2D eigenvalue weighted by Crippen LogP contribution is 2.77. The fraction of sp³-hybridized carbons (Fsp3) is 0.750. The molecule has 0 saturated heterocycles. The summed E-state index contributed by atoms with van der Waals surface area (Å²) in [4.78, 5) is 29.4. The number of nitrogens with zero attached hydrogens (tertiary/aromatic N) is 3. The smallest absolute Gasteiger partial charge is 0.310 e. The predicted octanol–water partition coefficient (Wildman–Crippen LogP) is 9.70. The van der Waals surface area contributed by atoms with E-state index in [0.29, 0.717) is 35.5 Å². The number of ether oxygens (including phenoxy) is 1. The first-order chi connectivity index (χ1) is 24.4. The number of pyridine rings is 1. The summed E-state index contributed by atoms with van der Waals surface area (Å²) in [6.07, 6.45) is 14.6. The largest absolute Gasteiger partial charge is 0.481 e.